The Bertz CT molecular complexity index is 715. The van der Waals surface area contributed by atoms with Gasteiger partial charge in [0.25, 0.3) is 0 Å². The number of amides is 1. The fraction of sp³-hybridized carbons (Fsp3) is 0.550. The third-order valence-electron chi connectivity index (χ3n) is 5.68. The molecule has 2 aliphatic rings. The average molecular weight is 353 g/mol. The molecular weight excluding hydrogens is 326 g/mol. The van der Waals surface area contributed by atoms with Crippen molar-refractivity contribution in [2.45, 2.75) is 51.1 Å². The van der Waals surface area contributed by atoms with Crippen LogP contribution < -0.4 is 5.32 Å². The van der Waals surface area contributed by atoms with Crippen LogP contribution in [0, 0.1) is 5.92 Å². The molecule has 6 heteroatoms. The van der Waals surface area contributed by atoms with E-state index in [0.717, 1.165) is 51.1 Å². The van der Waals surface area contributed by atoms with E-state index in [9.17, 15) is 4.79 Å². The third kappa shape index (κ3) is 3.96. The Morgan fingerprint density at radius 1 is 1.12 bits per heavy atom. The summed E-state index contributed by atoms with van der Waals surface area (Å²) >= 11 is 0. The number of likely N-dealkylation sites (tertiary alicyclic amines) is 1. The van der Waals surface area contributed by atoms with Gasteiger partial charge in [0.2, 0.25) is 5.91 Å². The monoisotopic (exact) mass is 353 g/mol. The van der Waals surface area contributed by atoms with Crippen LogP contribution >= 0.6 is 0 Å². The summed E-state index contributed by atoms with van der Waals surface area (Å²) in [6, 6.07) is 6.40. The Hall–Kier alpha value is -2.21. The number of nitrogens with zero attached hydrogens (tertiary/aromatic N) is 4. The number of piperidine rings is 1. The lowest BCUT2D eigenvalue weighted by Crippen LogP contribution is -2.35. The van der Waals surface area contributed by atoms with Crippen LogP contribution in [0.5, 0.6) is 0 Å². The second-order valence-corrected chi connectivity index (χ2v) is 7.50. The molecule has 1 saturated carbocycles. The molecule has 1 aliphatic heterocycles. The van der Waals surface area contributed by atoms with Gasteiger partial charge in [-0.15, -0.1) is 0 Å². The quantitative estimate of drug-likeness (QED) is 0.896. The molecule has 2 aromatic heterocycles. The number of hydrogen-bond donors (Lipinski definition) is 1. The molecule has 6 nitrogen and oxygen atoms in total. The lowest BCUT2D eigenvalue weighted by atomic mass is 10.0. The average Bonchev–Trinajstić information content (AvgIpc) is 3.35. The van der Waals surface area contributed by atoms with Gasteiger partial charge in [-0.25, -0.2) is 4.68 Å². The van der Waals surface area contributed by atoms with Gasteiger partial charge in [-0.1, -0.05) is 18.9 Å². The van der Waals surface area contributed by atoms with Crippen LogP contribution in [0.15, 0.2) is 36.8 Å². The second kappa shape index (κ2) is 7.99. The van der Waals surface area contributed by atoms with Crippen molar-refractivity contribution >= 4 is 11.7 Å². The molecule has 1 aliphatic carbocycles. The Kier molecular flexibility index (Phi) is 5.29. The van der Waals surface area contributed by atoms with E-state index in [1.54, 1.807) is 6.20 Å². The molecule has 0 spiro atoms. The lowest BCUT2D eigenvalue weighted by molar-refractivity contribution is -0.119. The maximum atomic E-state index is 12.4. The van der Waals surface area contributed by atoms with Crippen molar-refractivity contribution in [1.29, 1.82) is 0 Å². The number of rotatable bonds is 5. The van der Waals surface area contributed by atoms with Crippen LogP contribution in [0.1, 0.15) is 50.1 Å². The summed E-state index contributed by atoms with van der Waals surface area (Å²) in [5, 5.41) is 7.62. The van der Waals surface area contributed by atoms with E-state index in [0.29, 0.717) is 6.04 Å². The van der Waals surface area contributed by atoms with Gasteiger partial charge in [-0.05, 0) is 37.3 Å². The molecule has 26 heavy (non-hydrogen) atoms. The number of aromatic nitrogens is 3. The maximum absolute atomic E-state index is 12.4. The number of carbonyl (C=O) groups excluding carboxylic acids is 1. The minimum absolute atomic E-state index is 0.165. The van der Waals surface area contributed by atoms with Gasteiger partial charge in [0, 0.05) is 44.0 Å². The van der Waals surface area contributed by atoms with E-state index in [4.69, 9.17) is 0 Å². The number of carbonyl (C=O) groups is 1. The first kappa shape index (κ1) is 17.2. The normalized spacial score (nSPS) is 19.7. The topological polar surface area (TPSA) is 63.1 Å². The number of nitrogens with one attached hydrogen (secondary N) is 1. The first-order valence-electron chi connectivity index (χ1n) is 9.75. The fourth-order valence-electron chi connectivity index (χ4n) is 4.19. The summed E-state index contributed by atoms with van der Waals surface area (Å²) in [5.74, 6) is 1.20. The van der Waals surface area contributed by atoms with E-state index in [1.807, 2.05) is 29.2 Å². The van der Waals surface area contributed by atoms with E-state index >= 15 is 0 Å². The van der Waals surface area contributed by atoms with Gasteiger partial charge in [0.15, 0.2) is 0 Å². The van der Waals surface area contributed by atoms with Gasteiger partial charge in [0.05, 0.1) is 12.2 Å². The highest BCUT2D eigenvalue weighted by Crippen LogP contribution is 2.29. The van der Waals surface area contributed by atoms with Gasteiger partial charge in [-0.3, -0.25) is 14.7 Å². The molecule has 4 rings (SSSR count). The Morgan fingerprint density at radius 2 is 1.92 bits per heavy atom. The minimum Gasteiger partial charge on any atom is -0.311 e. The molecule has 0 unspecified atom stereocenters. The molecule has 3 heterocycles. The number of anilines is 1. The molecule has 0 aromatic carbocycles. The predicted molar refractivity (Wildman–Crippen MR) is 101 cm³/mol. The van der Waals surface area contributed by atoms with Crippen molar-refractivity contribution < 1.29 is 4.79 Å². The number of hydrogen-bond acceptors (Lipinski definition) is 4. The molecule has 2 aromatic rings. The summed E-state index contributed by atoms with van der Waals surface area (Å²) in [6.07, 6.45) is 12.0. The van der Waals surface area contributed by atoms with Crippen LogP contribution in [0.4, 0.5) is 5.82 Å². The summed E-state index contributed by atoms with van der Waals surface area (Å²) in [5.41, 5.74) is 1.26. The zero-order chi connectivity index (χ0) is 17.8. The summed E-state index contributed by atoms with van der Waals surface area (Å²) < 4.78 is 2.02. The first-order valence-corrected chi connectivity index (χ1v) is 9.75. The zero-order valence-electron chi connectivity index (χ0n) is 15.2. The highest BCUT2D eigenvalue weighted by molar-refractivity contribution is 5.91. The highest BCUT2D eigenvalue weighted by Gasteiger charge is 2.26. The van der Waals surface area contributed by atoms with Crippen molar-refractivity contribution in [3.63, 3.8) is 0 Å². The zero-order valence-corrected chi connectivity index (χ0v) is 15.2. The summed E-state index contributed by atoms with van der Waals surface area (Å²) in [6.45, 7) is 3.02. The molecule has 1 N–H and O–H groups in total. The van der Waals surface area contributed by atoms with Gasteiger partial charge in [-0.2, -0.15) is 5.10 Å². The van der Waals surface area contributed by atoms with Crippen molar-refractivity contribution in [3.05, 3.63) is 42.4 Å². The molecule has 1 amide bonds. The van der Waals surface area contributed by atoms with Gasteiger partial charge >= 0.3 is 0 Å². The third-order valence-corrected chi connectivity index (χ3v) is 5.68. The molecular formula is C20H27N5O. The first-order chi connectivity index (χ1) is 12.8. The van der Waals surface area contributed by atoms with Gasteiger partial charge in [0.1, 0.15) is 5.82 Å². The predicted octanol–water partition coefficient (Wildman–Crippen LogP) is 3.24. The molecule has 0 radical (unpaired) electrons. The molecule has 0 bridgehead atoms. The van der Waals surface area contributed by atoms with E-state index in [1.165, 1.54) is 18.4 Å². The van der Waals surface area contributed by atoms with E-state index in [2.05, 4.69) is 26.4 Å². The Morgan fingerprint density at radius 3 is 2.65 bits per heavy atom. The van der Waals surface area contributed by atoms with Crippen LogP contribution in [0.25, 0.3) is 0 Å². The molecule has 0 atom stereocenters. The van der Waals surface area contributed by atoms with Crippen LogP contribution in [0.3, 0.4) is 0 Å². The fourth-order valence-corrected chi connectivity index (χ4v) is 4.19. The largest absolute Gasteiger partial charge is 0.311 e. The highest BCUT2D eigenvalue weighted by atomic mass is 16.2. The minimum atomic E-state index is 0.165. The maximum Gasteiger partial charge on any atom is 0.228 e. The van der Waals surface area contributed by atoms with Crippen molar-refractivity contribution in [2.75, 3.05) is 18.4 Å². The molecule has 1 saturated heterocycles. The van der Waals surface area contributed by atoms with Crippen molar-refractivity contribution in [1.82, 2.24) is 19.7 Å². The number of pyridine rings is 1. The second-order valence-electron chi connectivity index (χ2n) is 7.50. The Balaban J connectivity index is 1.33. The Labute approximate surface area is 154 Å². The summed E-state index contributed by atoms with van der Waals surface area (Å²) in [4.78, 5) is 19.1. The smallest absolute Gasteiger partial charge is 0.228 e. The summed E-state index contributed by atoms with van der Waals surface area (Å²) in [7, 11) is 0. The van der Waals surface area contributed by atoms with Crippen molar-refractivity contribution in [3.8, 4) is 0 Å². The van der Waals surface area contributed by atoms with E-state index in [-0.39, 0.29) is 11.8 Å². The lowest BCUT2D eigenvalue weighted by Gasteiger charge is -2.32. The van der Waals surface area contributed by atoms with Crippen molar-refractivity contribution in [2.24, 2.45) is 5.92 Å². The van der Waals surface area contributed by atoms with Crippen LogP contribution in [-0.2, 0) is 11.3 Å². The van der Waals surface area contributed by atoms with Crippen LogP contribution in [-0.4, -0.2) is 38.7 Å². The standard InChI is InChI=1S/C20H27N5O/c26-20(17-5-1-2-6-17)23-19-7-11-22-25(19)18-8-12-24(13-9-18)15-16-4-3-10-21-14-16/h3-4,7,10-11,14,17-18H,1-2,5-6,8-9,12-13,15H2,(H,23,26). The van der Waals surface area contributed by atoms with Crippen LogP contribution in [0.2, 0.25) is 0 Å². The molecule has 2 fully saturated rings. The molecule has 138 valence electrons. The van der Waals surface area contributed by atoms with E-state index < -0.39 is 0 Å². The van der Waals surface area contributed by atoms with Gasteiger partial charge < -0.3 is 5.32 Å². The SMILES string of the molecule is O=C(Nc1ccnn1C1CCN(Cc2cccnc2)CC1)C1CCCC1.